The van der Waals surface area contributed by atoms with Crippen LogP contribution in [0.1, 0.15) is 11.1 Å². The van der Waals surface area contributed by atoms with E-state index in [1.54, 1.807) is 7.11 Å². The first kappa shape index (κ1) is 22.0. The van der Waals surface area contributed by atoms with E-state index in [9.17, 15) is 4.79 Å². The van der Waals surface area contributed by atoms with Crippen molar-refractivity contribution in [1.82, 2.24) is 4.90 Å². The summed E-state index contributed by atoms with van der Waals surface area (Å²) in [5.74, 6) is 1.68. The average molecular weight is 455 g/mol. The number of hydrogen-bond donors (Lipinski definition) is 0. The molecular weight excluding hydrogens is 424 g/mol. The van der Waals surface area contributed by atoms with Gasteiger partial charge in [0.1, 0.15) is 11.8 Å². The third kappa shape index (κ3) is 4.36. The highest BCUT2D eigenvalue weighted by Gasteiger charge is 2.39. The molecule has 3 aromatic rings. The molecule has 1 atom stereocenters. The number of anilines is 2. The van der Waals surface area contributed by atoms with Gasteiger partial charge in [-0.25, -0.2) is 9.89 Å². The fraction of sp³-hybridized carbons (Fsp3) is 0.286. The standard InChI is InChI=1S/C28H30N4O2/c1-21-8-6-7-11-26(21)32-27(33)25(20-22-9-4-3-5-10-22)29-28(32)31-18-16-30(17-19-31)23-12-14-24(34-2)15-13-23/h3-15,25H,16-20H2,1-2H3. The Morgan fingerprint density at radius 3 is 2.18 bits per heavy atom. The minimum Gasteiger partial charge on any atom is -0.497 e. The number of aryl methyl sites for hydroxylation is 1. The van der Waals surface area contributed by atoms with Crippen LogP contribution in [0.2, 0.25) is 0 Å². The number of methoxy groups -OCH3 is 1. The Morgan fingerprint density at radius 1 is 0.853 bits per heavy atom. The molecule has 1 amide bonds. The first-order valence-electron chi connectivity index (χ1n) is 11.8. The van der Waals surface area contributed by atoms with E-state index in [0.29, 0.717) is 6.42 Å². The lowest BCUT2D eigenvalue weighted by molar-refractivity contribution is -0.118. The summed E-state index contributed by atoms with van der Waals surface area (Å²) in [4.78, 5) is 25.1. The number of benzene rings is 3. The predicted octanol–water partition coefficient (Wildman–Crippen LogP) is 4.14. The number of ether oxygens (including phenoxy) is 1. The molecule has 174 valence electrons. The van der Waals surface area contributed by atoms with Gasteiger partial charge in [0.2, 0.25) is 5.96 Å². The Hall–Kier alpha value is -3.80. The first-order valence-corrected chi connectivity index (χ1v) is 11.8. The van der Waals surface area contributed by atoms with E-state index in [1.165, 1.54) is 5.69 Å². The molecule has 6 heteroatoms. The van der Waals surface area contributed by atoms with Crippen LogP contribution in [-0.2, 0) is 11.2 Å². The predicted molar refractivity (Wildman–Crippen MR) is 137 cm³/mol. The molecule has 0 aromatic heterocycles. The highest BCUT2D eigenvalue weighted by Crippen LogP contribution is 2.29. The zero-order valence-corrected chi connectivity index (χ0v) is 19.7. The number of amides is 1. The number of guanidine groups is 1. The number of carbonyl (C=O) groups excluding carboxylic acids is 1. The Kier molecular flexibility index (Phi) is 6.21. The molecule has 1 fully saturated rings. The summed E-state index contributed by atoms with van der Waals surface area (Å²) in [6.07, 6.45) is 0.608. The number of carbonyl (C=O) groups is 1. The van der Waals surface area contributed by atoms with Gasteiger partial charge in [0, 0.05) is 38.3 Å². The number of rotatable bonds is 5. The molecule has 2 aliphatic heterocycles. The van der Waals surface area contributed by atoms with E-state index in [-0.39, 0.29) is 5.91 Å². The van der Waals surface area contributed by atoms with E-state index < -0.39 is 6.04 Å². The van der Waals surface area contributed by atoms with Crippen molar-refractivity contribution in [3.63, 3.8) is 0 Å². The number of hydrogen-bond acceptors (Lipinski definition) is 5. The van der Waals surface area contributed by atoms with Crippen LogP contribution >= 0.6 is 0 Å². The fourth-order valence-electron chi connectivity index (χ4n) is 4.69. The van der Waals surface area contributed by atoms with Gasteiger partial charge >= 0.3 is 0 Å². The highest BCUT2D eigenvalue weighted by atomic mass is 16.5. The summed E-state index contributed by atoms with van der Waals surface area (Å²) in [6.45, 7) is 5.39. The summed E-state index contributed by atoms with van der Waals surface area (Å²) < 4.78 is 5.29. The number of para-hydroxylation sites is 1. The monoisotopic (exact) mass is 454 g/mol. The molecule has 0 spiro atoms. The van der Waals surface area contributed by atoms with Crippen molar-refractivity contribution in [2.45, 2.75) is 19.4 Å². The quantitative estimate of drug-likeness (QED) is 0.581. The average Bonchev–Trinajstić information content (AvgIpc) is 3.20. The van der Waals surface area contributed by atoms with Crippen molar-refractivity contribution in [2.75, 3.05) is 43.1 Å². The second-order valence-electron chi connectivity index (χ2n) is 8.77. The van der Waals surface area contributed by atoms with Gasteiger partial charge in [-0.3, -0.25) is 4.79 Å². The van der Waals surface area contributed by atoms with Crippen LogP contribution in [0, 0.1) is 6.92 Å². The van der Waals surface area contributed by atoms with E-state index in [4.69, 9.17) is 9.73 Å². The molecule has 3 aromatic carbocycles. The lowest BCUT2D eigenvalue weighted by Gasteiger charge is -2.39. The molecule has 0 bridgehead atoms. The van der Waals surface area contributed by atoms with Gasteiger partial charge in [-0.2, -0.15) is 0 Å². The Morgan fingerprint density at radius 2 is 1.50 bits per heavy atom. The lowest BCUT2D eigenvalue weighted by atomic mass is 10.1. The highest BCUT2D eigenvalue weighted by molar-refractivity contribution is 6.22. The number of nitrogens with zero attached hydrogens (tertiary/aromatic N) is 4. The maximum Gasteiger partial charge on any atom is 0.259 e. The largest absolute Gasteiger partial charge is 0.497 e. The molecule has 0 N–H and O–H groups in total. The molecule has 1 saturated heterocycles. The second-order valence-corrected chi connectivity index (χ2v) is 8.77. The molecule has 2 heterocycles. The van der Waals surface area contributed by atoms with Crippen molar-refractivity contribution in [3.05, 3.63) is 90.0 Å². The lowest BCUT2D eigenvalue weighted by Crippen LogP contribution is -2.53. The first-order chi connectivity index (χ1) is 16.6. The van der Waals surface area contributed by atoms with Crippen molar-refractivity contribution in [2.24, 2.45) is 4.99 Å². The van der Waals surface area contributed by atoms with Gasteiger partial charge in [-0.15, -0.1) is 0 Å². The van der Waals surface area contributed by atoms with Gasteiger partial charge in [0.25, 0.3) is 5.91 Å². The summed E-state index contributed by atoms with van der Waals surface area (Å²) >= 11 is 0. The van der Waals surface area contributed by atoms with Crippen molar-refractivity contribution < 1.29 is 9.53 Å². The topological polar surface area (TPSA) is 48.4 Å². The Labute approximate surface area is 201 Å². The van der Waals surface area contributed by atoms with Crippen LogP contribution in [0.5, 0.6) is 5.75 Å². The molecule has 0 aliphatic carbocycles. The normalized spacial score (nSPS) is 18.3. The summed E-state index contributed by atoms with van der Waals surface area (Å²) in [5, 5.41) is 0. The summed E-state index contributed by atoms with van der Waals surface area (Å²) in [5.41, 5.74) is 4.29. The van der Waals surface area contributed by atoms with Gasteiger partial charge in [0.15, 0.2) is 0 Å². The van der Waals surface area contributed by atoms with Gasteiger partial charge in [-0.1, -0.05) is 48.5 Å². The summed E-state index contributed by atoms with van der Waals surface area (Å²) in [7, 11) is 1.68. The molecular formula is C28H30N4O2. The number of piperazine rings is 1. The summed E-state index contributed by atoms with van der Waals surface area (Å²) in [6, 6.07) is 26.0. The Bertz CT molecular complexity index is 1170. The van der Waals surface area contributed by atoms with Crippen LogP contribution in [0.15, 0.2) is 83.9 Å². The molecule has 0 radical (unpaired) electrons. The van der Waals surface area contributed by atoms with E-state index in [1.807, 2.05) is 66.4 Å². The van der Waals surface area contributed by atoms with Crippen LogP contribution in [-0.4, -0.2) is 56.1 Å². The molecule has 34 heavy (non-hydrogen) atoms. The van der Waals surface area contributed by atoms with Crippen LogP contribution < -0.4 is 14.5 Å². The zero-order chi connectivity index (χ0) is 23.5. The molecule has 0 saturated carbocycles. The van der Waals surface area contributed by atoms with Gasteiger partial charge < -0.3 is 14.5 Å². The molecule has 1 unspecified atom stereocenters. The minimum absolute atomic E-state index is 0.0470. The maximum absolute atomic E-state index is 13.6. The molecule has 6 nitrogen and oxygen atoms in total. The Balaban J connectivity index is 1.38. The SMILES string of the molecule is COc1ccc(N2CCN(C3=NC(Cc4ccccc4)C(=O)N3c3ccccc3C)CC2)cc1. The molecule has 5 rings (SSSR count). The van der Waals surface area contributed by atoms with Crippen molar-refractivity contribution in [1.29, 1.82) is 0 Å². The van der Waals surface area contributed by atoms with Crippen molar-refractivity contribution in [3.8, 4) is 5.75 Å². The smallest absolute Gasteiger partial charge is 0.259 e. The molecule has 2 aliphatic rings. The third-order valence-corrected chi connectivity index (χ3v) is 6.61. The van der Waals surface area contributed by atoms with Gasteiger partial charge in [0.05, 0.1) is 12.8 Å². The zero-order valence-electron chi connectivity index (χ0n) is 19.7. The van der Waals surface area contributed by atoms with Crippen molar-refractivity contribution >= 4 is 23.2 Å². The van der Waals surface area contributed by atoms with E-state index in [0.717, 1.165) is 54.7 Å². The second kappa shape index (κ2) is 9.59. The van der Waals surface area contributed by atoms with E-state index >= 15 is 0 Å². The third-order valence-electron chi connectivity index (χ3n) is 6.61. The van der Waals surface area contributed by atoms with E-state index in [2.05, 4.69) is 34.1 Å². The van der Waals surface area contributed by atoms with Crippen LogP contribution in [0.25, 0.3) is 0 Å². The van der Waals surface area contributed by atoms with Gasteiger partial charge in [-0.05, 0) is 48.4 Å². The minimum atomic E-state index is -0.406. The van der Waals surface area contributed by atoms with Crippen LogP contribution in [0.3, 0.4) is 0 Å². The maximum atomic E-state index is 13.6. The number of aliphatic imine (C=N–C) groups is 1. The van der Waals surface area contributed by atoms with Crippen LogP contribution in [0.4, 0.5) is 11.4 Å². The fourth-order valence-corrected chi connectivity index (χ4v) is 4.69.